The van der Waals surface area contributed by atoms with Gasteiger partial charge in [-0.05, 0) is 12.5 Å². The molecule has 0 spiro atoms. The van der Waals surface area contributed by atoms with Crippen molar-refractivity contribution in [2.45, 2.75) is 6.92 Å². The number of carbonyl (C=O) groups is 1. The molecule has 1 N–H and O–H groups in total. The Hall–Kier alpha value is -2.24. The van der Waals surface area contributed by atoms with E-state index in [0.717, 1.165) is 11.8 Å². The van der Waals surface area contributed by atoms with Crippen molar-refractivity contribution < 1.29 is 9.72 Å². The highest BCUT2D eigenvalue weighted by atomic mass is 16.6. The van der Waals surface area contributed by atoms with Crippen LogP contribution in [0.1, 0.15) is 5.56 Å². The Morgan fingerprint density at radius 2 is 2.27 bits per heavy atom. The lowest BCUT2D eigenvalue weighted by molar-refractivity contribution is -0.384. The lowest BCUT2D eigenvalue weighted by atomic mass is 10.2. The molecule has 0 heterocycles. The van der Waals surface area contributed by atoms with Crippen LogP contribution in [0.5, 0.6) is 0 Å². The smallest absolute Gasteiger partial charge is 0.271 e. The van der Waals surface area contributed by atoms with E-state index in [9.17, 15) is 14.9 Å². The fourth-order valence-corrected chi connectivity index (χ4v) is 0.981. The van der Waals surface area contributed by atoms with Crippen LogP contribution in [0, 0.1) is 17.0 Å². The quantitative estimate of drug-likeness (QED) is 0.351. The molecule has 0 unspecified atom stereocenters. The lowest BCUT2D eigenvalue weighted by Crippen LogP contribution is -1.95. The first-order valence-corrected chi connectivity index (χ1v) is 4.13. The van der Waals surface area contributed by atoms with Gasteiger partial charge in [-0.25, -0.2) is 0 Å². The summed E-state index contributed by atoms with van der Waals surface area (Å²) in [4.78, 5) is 19.9. The molecule has 0 saturated heterocycles. The van der Waals surface area contributed by atoms with E-state index in [1.165, 1.54) is 12.1 Å². The molecule has 0 aliphatic rings. The summed E-state index contributed by atoms with van der Waals surface area (Å²) in [6, 6.07) is 4.37. The number of hydrogen-bond acceptors (Lipinski definition) is 5. The second-order valence-electron chi connectivity index (χ2n) is 2.78. The average molecular weight is 207 g/mol. The van der Waals surface area contributed by atoms with Crippen molar-refractivity contribution >= 4 is 23.9 Å². The van der Waals surface area contributed by atoms with Crippen molar-refractivity contribution in [3.63, 3.8) is 0 Å². The fraction of sp³-hybridized carbons (Fsp3) is 0.111. The van der Waals surface area contributed by atoms with Gasteiger partial charge in [0.15, 0.2) is 6.29 Å². The van der Waals surface area contributed by atoms with Gasteiger partial charge in [0.25, 0.3) is 5.69 Å². The number of nitrogens with zero attached hydrogens (tertiary/aromatic N) is 2. The molecule has 0 radical (unpaired) electrons. The number of aldehydes is 1. The first kappa shape index (κ1) is 10.8. The molecule has 0 aromatic heterocycles. The topological polar surface area (TPSA) is 84.6 Å². The normalized spacial score (nSPS) is 10.2. The summed E-state index contributed by atoms with van der Waals surface area (Å²) < 4.78 is 0. The molecule has 0 bridgehead atoms. The third-order valence-electron chi connectivity index (χ3n) is 1.75. The number of nitro benzene ring substituents is 1. The molecule has 0 aliphatic carbocycles. The summed E-state index contributed by atoms with van der Waals surface area (Å²) in [6.07, 6.45) is 1.54. The number of rotatable bonds is 4. The maximum absolute atomic E-state index is 10.5. The molecule has 0 fully saturated rings. The SMILES string of the molecule is Cc1ccc([N+](=O)[O-])cc1NN=CC=O. The van der Waals surface area contributed by atoms with Crippen LogP contribution in [0.3, 0.4) is 0 Å². The van der Waals surface area contributed by atoms with Gasteiger partial charge in [0.05, 0.1) is 16.8 Å². The highest BCUT2D eigenvalue weighted by Crippen LogP contribution is 2.21. The maximum Gasteiger partial charge on any atom is 0.271 e. The number of carbonyl (C=O) groups excluding carboxylic acids is 1. The Morgan fingerprint density at radius 3 is 2.87 bits per heavy atom. The van der Waals surface area contributed by atoms with E-state index >= 15 is 0 Å². The maximum atomic E-state index is 10.5. The third kappa shape index (κ3) is 2.87. The predicted molar refractivity (Wildman–Crippen MR) is 56.0 cm³/mol. The minimum absolute atomic E-state index is 0.0237. The van der Waals surface area contributed by atoms with Gasteiger partial charge in [-0.3, -0.25) is 20.3 Å². The van der Waals surface area contributed by atoms with Gasteiger partial charge in [-0.2, -0.15) is 5.10 Å². The molecule has 78 valence electrons. The van der Waals surface area contributed by atoms with Crippen molar-refractivity contribution in [1.82, 2.24) is 0 Å². The molecule has 0 aliphatic heterocycles. The van der Waals surface area contributed by atoms with Crippen LogP contribution >= 0.6 is 0 Å². The number of anilines is 1. The number of aryl methyl sites for hydroxylation is 1. The monoisotopic (exact) mass is 207 g/mol. The molecule has 6 heteroatoms. The number of hydrazone groups is 1. The van der Waals surface area contributed by atoms with Gasteiger partial charge in [-0.1, -0.05) is 6.07 Å². The summed E-state index contributed by atoms with van der Waals surface area (Å²) >= 11 is 0. The minimum Gasteiger partial charge on any atom is -0.297 e. The average Bonchev–Trinajstić information content (AvgIpc) is 2.20. The van der Waals surface area contributed by atoms with Crippen LogP contribution in [0.25, 0.3) is 0 Å². The largest absolute Gasteiger partial charge is 0.297 e. The molecule has 1 rings (SSSR count). The molecule has 6 nitrogen and oxygen atoms in total. The Kier molecular flexibility index (Phi) is 3.50. The van der Waals surface area contributed by atoms with Gasteiger partial charge in [-0.15, -0.1) is 0 Å². The van der Waals surface area contributed by atoms with Crippen molar-refractivity contribution in [3.8, 4) is 0 Å². The van der Waals surface area contributed by atoms with E-state index in [0.29, 0.717) is 12.0 Å². The standard InChI is InChI=1S/C9H9N3O3/c1-7-2-3-8(12(14)15)6-9(7)11-10-4-5-13/h2-6,11H,1H3. The highest BCUT2D eigenvalue weighted by molar-refractivity contribution is 6.13. The summed E-state index contributed by atoms with van der Waals surface area (Å²) in [5.74, 6) is 0. The lowest BCUT2D eigenvalue weighted by Gasteiger charge is -2.03. The molecule has 0 atom stereocenters. The van der Waals surface area contributed by atoms with Crippen LogP contribution < -0.4 is 5.43 Å². The first-order valence-electron chi connectivity index (χ1n) is 4.13. The minimum atomic E-state index is -0.492. The Bertz CT molecular complexity index is 415. The van der Waals surface area contributed by atoms with Crippen LogP contribution in [-0.2, 0) is 4.79 Å². The zero-order valence-corrected chi connectivity index (χ0v) is 8.01. The second kappa shape index (κ2) is 4.85. The van der Waals surface area contributed by atoms with Gasteiger partial charge in [0.1, 0.15) is 0 Å². The predicted octanol–water partition coefficient (Wildman–Crippen LogP) is 1.50. The first-order chi connectivity index (χ1) is 7.15. The van der Waals surface area contributed by atoms with Crippen molar-refractivity contribution in [2.24, 2.45) is 5.10 Å². The van der Waals surface area contributed by atoms with Gasteiger partial charge in [0, 0.05) is 12.1 Å². The van der Waals surface area contributed by atoms with E-state index < -0.39 is 4.92 Å². The number of hydrogen-bond donors (Lipinski definition) is 1. The van der Waals surface area contributed by atoms with Crippen LogP contribution in [0.2, 0.25) is 0 Å². The van der Waals surface area contributed by atoms with E-state index in [1.54, 1.807) is 13.0 Å². The molecule has 0 saturated carbocycles. The summed E-state index contributed by atoms with van der Waals surface area (Å²) in [5, 5.41) is 14.0. The summed E-state index contributed by atoms with van der Waals surface area (Å²) in [7, 11) is 0. The number of benzene rings is 1. The van der Waals surface area contributed by atoms with E-state index in [-0.39, 0.29) is 5.69 Å². The van der Waals surface area contributed by atoms with Crippen molar-refractivity contribution in [3.05, 3.63) is 33.9 Å². The zero-order chi connectivity index (χ0) is 11.3. The molecular formula is C9H9N3O3. The van der Waals surface area contributed by atoms with E-state index in [1.807, 2.05) is 0 Å². The molecular weight excluding hydrogens is 198 g/mol. The number of non-ortho nitro benzene ring substituents is 1. The van der Waals surface area contributed by atoms with Crippen LogP contribution in [0.15, 0.2) is 23.3 Å². The fourth-order valence-electron chi connectivity index (χ4n) is 0.981. The van der Waals surface area contributed by atoms with Gasteiger partial charge in [0.2, 0.25) is 0 Å². The van der Waals surface area contributed by atoms with E-state index in [4.69, 9.17) is 0 Å². The number of nitrogens with one attached hydrogen (secondary N) is 1. The highest BCUT2D eigenvalue weighted by Gasteiger charge is 2.07. The van der Waals surface area contributed by atoms with Crippen molar-refractivity contribution in [1.29, 1.82) is 0 Å². The van der Waals surface area contributed by atoms with Gasteiger partial charge < -0.3 is 0 Å². The third-order valence-corrected chi connectivity index (χ3v) is 1.75. The summed E-state index contributed by atoms with van der Waals surface area (Å²) in [6.45, 7) is 1.78. The Morgan fingerprint density at radius 1 is 1.53 bits per heavy atom. The van der Waals surface area contributed by atoms with Crippen molar-refractivity contribution in [2.75, 3.05) is 5.43 Å². The molecule has 0 amide bonds. The number of nitro groups is 1. The summed E-state index contributed by atoms with van der Waals surface area (Å²) in [5.41, 5.74) is 3.83. The van der Waals surface area contributed by atoms with Crippen LogP contribution in [0.4, 0.5) is 11.4 Å². The molecule has 1 aromatic rings. The molecule has 1 aromatic carbocycles. The van der Waals surface area contributed by atoms with E-state index in [2.05, 4.69) is 10.5 Å². The van der Waals surface area contributed by atoms with Crippen LogP contribution in [-0.4, -0.2) is 17.4 Å². The molecule has 15 heavy (non-hydrogen) atoms. The Balaban J connectivity index is 2.94. The zero-order valence-electron chi connectivity index (χ0n) is 8.01. The van der Waals surface area contributed by atoms with Gasteiger partial charge >= 0.3 is 0 Å². The second-order valence-corrected chi connectivity index (χ2v) is 2.78. The Labute approximate surface area is 85.8 Å².